The number of rotatable bonds is 5. The molecular formula is C20H25N5O2. The first kappa shape index (κ1) is 18.7. The molecular weight excluding hydrogens is 342 g/mol. The highest BCUT2D eigenvalue weighted by atomic mass is 16.2. The van der Waals surface area contributed by atoms with Gasteiger partial charge in [-0.15, -0.1) is 0 Å². The maximum Gasteiger partial charge on any atom is 0.319 e. The van der Waals surface area contributed by atoms with Crippen molar-refractivity contribution in [3.63, 3.8) is 0 Å². The molecule has 0 saturated heterocycles. The monoisotopic (exact) mass is 367 g/mol. The highest BCUT2D eigenvalue weighted by molar-refractivity contribution is 5.93. The van der Waals surface area contributed by atoms with E-state index < -0.39 is 0 Å². The second-order valence-corrected chi connectivity index (χ2v) is 6.64. The van der Waals surface area contributed by atoms with Gasteiger partial charge in [-0.05, 0) is 49.2 Å². The number of benzene rings is 1. The normalized spacial score (nSPS) is 14.3. The fraction of sp³-hybridized carbons (Fsp3) is 0.350. The van der Waals surface area contributed by atoms with Crippen LogP contribution < -0.4 is 21.3 Å². The lowest BCUT2D eigenvalue weighted by molar-refractivity contribution is 0.0958. The smallest absolute Gasteiger partial charge is 0.319 e. The van der Waals surface area contributed by atoms with Crippen molar-refractivity contribution in [2.75, 3.05) is 17.7 Å². The fourth-order valence-electron chi connectivity index (χ4n) is 3.16. The summed E-state index contributed by atoms with van der Waals surface area (Å²) in [4.78, 5) is 27.8. The van der Waals surface area contributed by atoms with E-state index in [9.17, 15) is 9.59 Å². The number of nitrogens with one attached hydrogen (secondary N) is 4. The standard InChI is InChI=1S/C20H25N5O2/c1-21-19(26)18-13-17(11-12-22-18)23-15-7-9-16(10-8-15)25-20(27)24-14-5-3-2-4-6-14/h7-14H,2-6H2,1H3,(H,21,26)(H,22,23)(H2,24,25,27). The van der Waals surface area contributed by atoms with E-state index in [-0.39, 0.29) is 18.0 Å². The molecule has 1 aromatic heterocycles. The molecule has 0 bridgehead atoms. The van der Waals surface area contributed by atoms with Gasteiger partial charge in [-0.25, -0.2) is 4.79 Å². The second-order valence-electron chi connectivity index (χ2n) is 6.64. The van der Waals surface area contributed by atoms with Gasteiger partial charge in [0, 0.05) is 36.3 Å². The van der Waals surface area contributed by atoms with Crippen molar-refractivity contribution in [2.24, 2.45) is 0 Å². The Kier molecular flexibility index (Phi) is 6.25. The number of carbonyl (C=O) groups excluding carboxylic acids is 2. The minimum atomic E-state index is -0.234. The summed E-state index contributed by atoms with van der Waals surface area (Å²) in [5.74, 6) is -0.234. The van der Waals surface area contributed by atoms with E-state index in [1.54, 1.807) is 25.4 Å². The lowest BCUT2D eigenvalue weighted by Crippen LogP contribution is -2.38. The summed E-state index contributed by atoms with van der Waals surface area (Å²) in [7, 11) is 1.57. The van der Waals surface area contributed by atoms with Crippen LogP contribution in [-0.4, -0.2) is 30.0 Å². The largest absolute Gasteiger partial charge is 0.355 e. The van der Waals surface area contributed by atoms with E-state index in [0.29, 0.717) is 5.69 Å². The van der Waals surface area contributed by atoms with Crippen molar-refractivity contribution in [1.82, 2.24) is 15.6 Å². The van der Waals surface area contributed by atoms with Gasteiger partial charge in [-0.1, -0.05) is 19.3 Å². The SMILES string of the molecule is CNC(=O)c1cc(Nc2ccc(NC(=O)NC3CCCCC3)cc2)ccn1. The van der Waals surface area contributed by atoms with E-state index in [0.717, 1.165) is 29.9 Å². The quantitative estimate of drug-likeness (QED) is 0.649. The minimum Gasteiger partial charge on any atom is -0.355 e. The lowest BCUT2D eigenvalue weighted by Gasteiger charge is -2.22. The zero-order chi connectivity index (χ0) is 19.1. The molecule has 7 heteroatoms. The summed E-state index contributed by atoms with van der Waals surface area (Å²) in [6.07, 6.45) is 7.32. The van der Waals surface area contributed by atoms with Crippen LogP contribution in [0, 0.1) is 0 Å². The third-order valence-electron chi connectivity index (χ3n) is 4.59. The maximum atomic E-state index is 12.1. The van der Waals surface area contributed by atoms with Gasteiger partial charge in [-0.2, -0.15) is 0 Å². The number of hydrogen-bond acceptors (Lipinski definition) is 4. The van der Waals surface area contributed by atoms with Crippen LogP contribution in [0.3, 0.4) is 0 Å². The summed E-state index contributed by atoms with van der Waals surface area (Å²) in [6, 6.07) is 11.0. The average molecular weight is 367 g/mol. The number of carbonyl (C=O) groups is 2. The zero-order valence-electron chi connectivity index (χ0n) is 15.4. The van der Waals surface area contributed by atoms with E-state index in [2.05, 4.69) is 26.3 Å². The summed E-state index contributed by atoms with van der Waals surface area (Å²) in [6.45, 7) is 0. The topological polar surface area (TPSA) is 95.2 Å². The van der Waals surface area contributed by atoms with Gasteiger partial charge in [0.15, 0.2) is 0 Å². The van der Waals surface area contributed by atoms with Crippen LogP contribution in [0.25, 0.3) is 0 Å². The molecule has 27 heavy (non-hydrogen) atoms. The molecule has 1 aliphatic carbocycles. The Hall–Kier alpha value is -3.09. The molecule has 0 atom stereocenters. The molecule has 0 spiro atoms. The van der Waals surface area contributed by atoms with Crippen molar-refractivity contribution >= 4 is 29.0 Å². The Morgan fingerprint density at radius 3 is 2.37 bits per heavy atom. The Bertz CT molecular complexity index is 785. The van der Waals surface area contributed by atoms with Crippen molar-refractivity contribution < 1.29 is 9.59 Å². The maximum absolute atomic E-state index is 12.1. The molecule has 1 aliphatic rings. The van der Waals surface area contributed by atoms with E-state index in [4.69, 9.17) is 0 Å². The molecule has 0 aliphatic heterocycles. The third kappa shape index (κ3) is 5.44. The Labute approximate surface area is 159 Å². The first-order chi connectivity index (χ1) is 13.1. The highest BCUT2D eigenvalue weighted by Crippen LogP contribution is 2.20. The van der Waals surface area contributed by atoms with Crippen LogP contribution >= 0.6 is 0 Å². The average Bonchev–Trinajstić information content (AvgIpc) is 2.70. The molecule has 3 rings (SSSR count). The first-order valence-electron chi connectivity index (χ1n) is 9.27. The molecule has 1 fully saturated rings. The molecule has 0 unspecified atom stereocenters. The molecule has 4 N–H and O–H groups in total. The third-order valence-corrected chi connectivity index (χ3v) is 4.59. The van der Waals surface area contributed by atoms with Gasteiger partial charge in [0.05, 0.1) is 0 Å². The number of nitrogens with zero attached hydrogens (tertiary/aromatic N) is 1. The molecule has 3 amide bonds. The van der Waals surface area contributed by atoms with Gasteiger partial charge in [0.1, 0.15) is 5.69 Å². The Morgan fingerprint density at radius 1 is 0.963 bits per heavy atom. The number of hydrogen-bond donors (Lipinski definition) is 4. The predicted molar refractivity (Wildman–Crippen MR) is 106 cm³/mol. The molecule has 142 valence electrons. The summed E-state index contributed by atoms with van der Waals surface area (Å²) in [5.41, 5.74) is 2.69. The zero-order valence-corrected chi connectivity index (χ0v) is 15.4. The van der Waals surface area contributed by atoms with E-state index >= 15 is 0 Å². The van der Waals surface area contributed by atoms with Crippen LogP contribution in [-0.2, 0) is 0 Å². The van der Waals surface area contributed by atoms with Gasteiger partial charge in [-0.3, -0.25) is 9.78 Å². The fourth-order valence-corrected chi connectivity index (χ4v) is 3.16. The molecule has 7 nitrogen and oxygen atoms in total. The van der Waals surface area contributed by atoms with Crippen molar-refractivity contribution in [1.29, 1.82) is 0 Å². The van der Waals surface area contributed by atoms with Crippen LogP contribution in [0.1, 0.15) is 42.6 Å². The molecule has 1 saturated carbocycles. The molecule has 1 heterocycles. The van der Waals surface area contributed by atoms with Crippen LogP contribution in [0.15, 0.2) is 42.6 Å². The predicted octanol–water partition coefficient (Wildman–Crippen LogP) is 3.64. The lowest BCUT2D eigenvalue weighted by atomic mass is 9.96. The summed E-state index contributed by atoms with van der Waals surface area (Å²) >= 11 is 0. The van der Waals surface area contributed by atoms with Crippen molar-refractivity contribution in [3.05, 3.63) is 48.3 Å². The van der Waals surface area contributed by atoms with Crippen molar-refractivity contribution in [3.8, 4) is 0 Å². The molecule has 1 aromatic carbocycles. The number of anilines is 3. The van der Waals surface area contributed by atoms with Crippen molar-refractivity contribution in [2.45, 2.75) is 38.1 Å². The molecule has 0 radical (unpaired) electrons. The second kappa shape index (κ2) is 9.02. The number of pyridine rings is 1. The minimum absolute atomic E-state index is 0.160. The number of aromatic nitrogens is 1. The highest BCUT2D eigenvalue weighted by Gasteiger charge is 2.15. The number of amides is 3. The van der Waals surface area contributed by atoms with E-state index in [1.165, 1.54) is 19.3 Å². The van der Waals surface area contributed by atoms with Gasteiger partial charge in [0.25, 0.3) is 5.91 Å². The Morgan fingerprint density at radius 2 is 1.67 bits per heavy atom. The van der Waals surface area contributed by atoms with Gasteiger partial charge < -0.3 is 21.3 Å². The van der Waals surface area contributed by atoms with Gasteiger partial charge in [0.2, 0.25) is 0 Å². The first-order valence-corrected chi connectivity index (χ1v) is 9.27. The number of urea groups is 1. The van der Waals surface area contributed by atoms with Crippen LogP contribution in [0.2, 0.25) is 0 Å². The van der Waals surface area contributed by atoms with Crippen LogP contribution in [0.4, 0.5) is 21.9 Å². The van der Waals surface area contributed by atoms with E-state index in [1.807, 2.05) is 24.3 Å². The summed E-state index contributed by atoms with van der Waals surface area (Å²) < 4.78 is 0. The van der Waals surface area contributed by atoms with Gasteiger partial charge >= 0.3 is 6.03 Å². The Balaban J connectivity index is 1.55. The summed E-state index contributed by atoms with van der Waals surface area (Å²) in [5, 5.41) is 11.7. The molecule has 2 aromatic rings. The van der Waals surface area contributed by atoms with Crippen LogP contribution in [0.5, 0.6) is 0 Å².